The van der Waals surface area contributed by atoms with Crippen LogP contribution < -0.4 is 22.3 Å². The molecule has 1 unspecified atom stereocenters. The van der Waals surface area contributed by atoms with E-state index in [0.717, 1.165) is 16.7 Å². The number of halogens is 3. The fourth-order valence-corrected chi connectivity index (χ4v) is 4.40. The van der Waals surface area contributed by atoms with E-state index in [1.165, 1.54) is 24.4 Å². The van der Waals surface area contributed by atoms with E-state index in [1.54, 1.807) is 48.5 Å². The molecule has 0 aliphatic carbocycles. The highest BCUT2D eigenvalue weighted by Crippen LogP contribution is 2.31. The van der Waals surface area contributed by atoms with Crippen molar-refractivity contribution in [2.45, 2.75) is 19.1 Å². The highest BCUT2D eigenvalue weighted by molar-refractivity contribution is 5.46. The molecule has 0 aliphatic heterocycles. The molecule has 12 heteroatoms. The Bertz CT molecular complexity index is 1880. The zero-order chi connectivity index (χ0) is 29.1. The lowest BCUT2D eigenvalue weighted by Gasteiger charge is -2.23. The summed E-state index contributed by atoms with van der Waals surface area (Å²) in [6, 6.07) is 18.8. The van der Waals surface area contributed by atoms with Gasteiger partial charge in [-0.05, 0) is 35.4 Å². The molecular formula is C29H22F3N5O4. The number of hydrogen-bond donors (Lipinski definition) is 3. The van der Waals surface area contributed by atoms with Crippen LogP contribution in [-0.2, 0) is 13.1 Å². The number of nitrogens with zero attached hydrogens (tertiary/aromatic N) is 3. The van der Waals surface area contributed by atoms with E-state index in [9.17, 15) is 32.7 Å². The Morgan fingerprint density at radius 3 is 2.22 bits per heavy atom. The van der Waals surface area contributed by atoms with E-state index >= 15 is 0 Å². The van der Waals surface area contributed by atoms with Gasteiger partial charge in [0.05, 0.1) is 19.1 Å². The Labute approximate surface area is 229 Å². The molecule has 0 saturated heterocycles. The maximum absolute atomic E-state index is 14.1. The van der Waals surface area contributed by atoms with Gasteiger partial charge >= 0.3 is 11.4 Å². The minimum atomic E-state index is -1.67. The first-order valence-electron chi connectivity index (χ1n) is 12.3. The lowest BCUT2D eigenvalue weighted by molar-refractivity contribution is 0.444. The number of H-pyrrole nitrogens is 1. The molecule has 0 radical (unpaired) electrons. The van der Waals surface area contributed by atoms with Crippen molar-refractivity contribution in [3.63, 3.8) is 0 Å². The second-order valence-electron chi connectivity index (χ2n) is 9.12. The molecule has 0 aliphatic rings. The zero-order valence-electron chi connectivity index (χ0n) is 21.2. The molecule has 41 heavy (non-hydrogen) atoms. The molecule has 2 heterocycles. The number of phenols is 1. The van der Waals surface area contributed by atoms with Crippen molar-refractivity contribution < 1.29 is 18.3 Å². The van der Waals surface area contributed by atoms with Crippen LogP contribution in [0.1, 0.15) is 28.3 Å². The Kier molecular flexibility index (Phi) is 7.55. The highest BCUT2D eigenvalue weighted by atomic mass is 19.2. The first-order chi connectivity index (χ1) is 19.7. The number of para-hydroxylation sites is 1. The van der Waals surface area contributed by atoms with E-state index in [-0.39, 0.29) is 22.8 Å². The SMILES string of the molecule is O=c1[nH]cccc1Cn1c(=O)nc(NC(c2ccccc2)c2ccccc2O)n(Cc2cc(F)c(F)c(F)c2)c1=O. The molecule has 2 aromatic heterocycles. The number of hydrogen-bond acceptors (Lipinski definition) is 6. The summed E-state index contributed by atoms with van der Waals surface area (Å²) in [5.41, 5.74) is -1.50. The maximum Gasteiger partial charge on any atom is 0.355 e. The minimum absolute atomic E-state index is 0.0814. The molecule has 1 atom stereocenters. The zero-order valence-corrected chi connectivity index (χ0v) is 21.2. The van der Waals surface area contributed by atoms with Gasteiger partial charge in [-0.25, -0.2) is 27.3 Å². The van der Waals surface area contributed by atoms with Gasteiger partial charge in [-0.3, -0.25) is 9.36 Å². The quantitative estimate of drug-likeness (QED) is 0.249. The second kappa shape index (κ2) is 11.4. The number of aromatic nitrogens is 4. The van der Waals surface area contributed by atoms with Gasteiger partial charge < -0.3 is 15.4 Å². The number of nitrogens with one attached hydrogen (secondary N) is 2. The van der Waals surface area contributed by atoms with Crippen LogP contribution in [0.25, 0.3) is 0 Å². The van der Waals surface area contributed by atoms with Gasteiger partial charge in [0.1, 0.15) is 5.75 Å². The summed E-state index contributed by atoms with van der Waals surface area (Å²) in [6.45, 7) is -0.954. The summed E-state index contributed by atoms with van der Waals surface area (Å²) in [7, 11) is 0. The molecule has 5 rings (SSSR count). The summed E-state index contributed by atoms with van der Waals surface area (Å²) in [5, 5.41) is 13.6. The topological polar surface area (TPSA) is 122 Å². The van der Waals surface area contributed by atoms with E-state index in [2.05, 4.69) is 15.3 Å². The molecule has 0 fully saturated rings. The van der Waals surface area contributed by atoms with Crippen LogP contribution in [0.15, 0.2) is 99.4 Å². The van der Waals surface area contributed by atoms with Crippen LogP contribution in [0.5, 0.6) is 5.75 Å². The molecule has 3 aromatic carbocycles. The third kappa shape index (κ3) is 5.66. The van der Waals surface area contributed by atoms with Gasteiger partial charge in [-0.15, -0.1) is 0 Å². The van der Waals surface area contributed by atoms with Gasteiger partial charge in [-0.1, -0.05) is 54.6 Å². The van der Waals surface area contributed by atoms with Crippen molar-refractivity contribution in [1.82, 2.24) is 19.1 Å². The third-order valence-corrected chi connectivity index (χ3v) is 6.42. The number of phenolic OH excluding ortho intramolecular Hbond substituents is 1. The Balaban J connectivity index is 1.68. The second-order valence-corrected chi connectivity index (χ2v) is 9.12. The number of benzene rings is 3. The standard InChI is InChI=1S/C29H22F3N5O4/c30-21-13-17(14-22(31)24(21)32)15-36-27(35-28(40)37(29(36)41)16-19-9-6-12-33-26(19)39)34-25(18-7-2-1-3-8-18)20-10-4-5-11-23(20)38/h1-14,25,38H,15-16H2,(H,33,39)(H,34,35,40). The number of aromatic amines is 1. The third-order valence-electron chi connectivity index (χ3n) is 6.42. The van der Waals surface area contributed by atoms with Crippen LogP contribution in [0.4, 0.5) is 19.1 Å². The van der Waals surface area contributed by atoms with Crippen LogP contribution in [0, 0.1) is 17.5 Å². The van der Waals surface area contributed by atoms with Gasteiger partial charge in [0, 0.05) is 17.3 Å². The highest BCUT2D eigenvalue weighted by Gasteiger charge is 2.23. The number of aromatic hydroxyl groups is 1. The largest absolute Gasteiger partial charge is 0.508 e. The summed E-state index contributed by atoms with van der Waals surface area (Å²) in [6.07, 6.45) is 1.39. The van der Waals surface area contributed by atoms with Crippen molar-refractivity contribution in [2.24, 2.45) is 0 Å². The monoisotopic (exact) mass is 561 g/mol. The molecule has 0 saturated carbocycles. The number of anilines is 1. The Hall–Kier alpha value is -5.39. The van der Waals surface area contributed by atoms with Crippen molar-refractivity contribution in [3.05, 3.63) is 156 Å². The van der Waals surface area contributed by atoms with Gasteiger partial charge in [0.15, 0.2) is 17.5 Å². The Morgan fingerprint density at radius 2 is 1.54 bits per heavy atom. The van der Waals surface area contributed by atoms with Crippen molar-refractivity contribution in [2.75, 3.05) is 5.32 Å². The average molecular weight is 562 g/mol. The molecule has 9 nitrogen and oxygen atoms in total. The molecule has 0 amide bonds. The summed E-state index contributed by atoms with van der Waals surface area (Å²) in [5.74, 6) is -4.97. The average Bonchev–Trinajstić information content (AvgIpc) is 2.96. The lowest BCUT2D eigenvalue weighted by Crippen LogP contribution is -2.44. The predicted octanol–water partition coefficient (Wildman–Crippen LogP) is 3.51. The van der Waals surface area contributed by atoms with E-state index in [0.29, 0.717) is 15.7 Å². The van der Waals surface area contributed by atoms with Crippen molar-refractivity contribution >= 4 is 5.95 Å². The fourth-order valence-electron chi connectivity index (χ4n) is 4.40. The number of pyridine rings is 1. The summed E-state index contributed by atoms with van der Waals surface area (Å²) in [4.78, 5) is 45.6. The van der Waals surface area contributed by atoms with Gasteiger partial charge in [-0.2, -0.15) is 4.98 Å². The van der Waals surface area contributed by atoms with Gasteiger partial charge in [0.25, 0.3) is 5.56 Å². The van der Waals surface area contributed by atoms with Crippen molar-refractivity contribution in [1.29, 1.82) is 0 Å². The van der Waals surface area contributed by atoms with Crippen molar-refractivity contribution in [3.8, 4) is 5.75 Å². The predicted molar refractivity (Wildman–Crippen MR) is 144 cm³/mol. The van der Waals surface area contributed by atoms with E-state index in [1.807, 2.05) is 0 Å². The molecular weight excluding hydrogens is 539 g/mol. The molecule has 0 bridgehead atoms. The van der Waals surface area contributed by atoms with Crippen LogP contribution in [0.2, 0.25) is 0 Å². The molecule has 208 valence electrons. The minimum Gasteiger partial charge on any atom is -0.508 e. The van der Waals surface area contributed by atoms with Crippen LogP contribution in [0.3, 0.4) is 0 Å². The molecule has 0 spiro atoms. The number of rotatable bonds is 8. The Morgan fingerprint density at radius 1 is 0.854 bits per heavy atom. The fraction of sp³-hybridized carbons (Fsp3) is 0.103. The smallest absolute Gasteiger partial charge is 0.355 e. The van der Waals surface area contributed by atoms with Crippen LogP contribution in [-0.4, -0.2) is 24.2 Å². The molecule has 3 N–H and O–H groups in total. The maximum atomic E-state index is 14.1. The van der Waals surface area contributed by atoms with Gasteiger partial charge in [0.2, 0.25) is 5.95 Å². The van der Waals surface area contributed by atoms with Crippen LogP contribution >= 0.6 is 0 Å². The lowest BCUT2D eigenvalue weighted by atomic mass is 9.98. The van der Waals surface area contributed by atoms with E-state index < -0.39 is 53.5 Å². The first kappa shape index (κ1) is 27.2. The van der Waals surface area contributed by atoms with E-state index in [4.69, 9.17) is 0 Å². The molecule has 5 aromatic rings. The summed E-state index contributed by atoms with van der Waals surface area (Å²) < 4.78 is 43.4. The summed E-state index contributed by atoms with van der Waals surface area (Å²) >= 11 is 0. The first-order valence-corrected chi connectivity index (χ1v) is 12.3. The normalized spacial score (nSPS) is 11.8.